The van der Waals surface area contributed by atoms with E-state index in [1.54, 1.807) is 11.3 Å². The summed E-state index contributed by atoms with van der Waals surface area (Å²) in [5, 5.41) is 16.3. The Morgan fingerprint density at radius 3 is 2.78 bits per heavy atom. The van der Waals surface area contributed by atoms with Gasteiger partial charge in [-0.15, -0.1) is 11.3 Å². The number of benzene rings is 1. The highest BCUT2D eigenvalue weighted by molar-refractivity contribution is 7.16. The van der Waals surface area contributed by atoms with Crippen LogP contribution in [0.3, 0.4) is 0 Å². The number of fused-ring (bicyclic) bond motifs is 1. The summed E-state index contributed by atoms with van der Waals surface area (Å²) in [4.78, 5) is 9.37. The molecule has 0 amide bonds. The van der Waals surface area contributed by atoms with Crippen molar-refractivity contribution in [3.63, 3.8) is 0 Å². The average Bonchev–Trinajstić information content (AvgIpc) is 3.01. The molecule has 1 aromatic carbocycles. The Kier molecular flexibility index (Phi) is 4.73. The molecule has 2 aromatic heterocycles. The largest absolute Gasteiger partial charge is 0.490 e. The van der Waals surface area contributed by atoms with Crippen LogP contribution in [0, 0.1) is 13.8 Å². The van der Waals surface area contributed by atoms with Crippen molar-refractivity contribution in [1.82, 2.24) is 9.97 Å². The fourth-order valence-corrected chi connectivity index (χ4v) is 3.14. The van der Waals surface area contributed by atoms with Crippen LogP contribution < -0.4 is 10.1 Å². The molecule has 0 radical (unpaired) electrons. The summed E-state index contributed by atoms with van der Waals surface area (Å²) >= 11 is 1.57. The third kappa shape index (κ3) is 3.60. The number of aromatic nitrogens is 2. The van der Waals surface area contributed by atoms with Gasteiger partial charge in [-0.25, -0.2) is 9.97 Å². The predicted molar refractivity (Wildman–Crippen MR) is 93.3 cm³/mol. The Bertz CT molecular complexity index is 783. The summed E-state index contributed by atoms with van der Waals surface area (Å²) in [6.45, 7) is 4.60. The Labute approximate surface area is 139 Å². The number of aryl methyl sites for hydroxylation is 2. The summed E-state index contributed by atoms with van der Waals surface area (Å²) in [6, 6.07) is 7.97. The van der Waals surface area contributed by atoms with Crippen LogP contribution in [0.15, 0.2) is 36.0 Å². The second-order valence-corrected chi connectivity index (χ2v) is 6.32. The number of hydrogen-bond donors (Lipinski definition) is 2. The van der Waals surface area contributed by atoms with Gasteiger partial charge in [0, 0.05) is 6.54 Å². The van der Waals surface area contributed by atoms with E-state index >= 15 is 0 Å². The average molecular weight is 329 g/mol. The molecule has 1 unspecified atom stereocenters. The summed E-state index contributed by atoms with van der Waals surface area (Å²) in [7, 11) is 0. The molecule has 0 spiro atoms. The molecule has 2 heterocycles. The Balaban J connectivity index is 1.58. The third-order valence-electron chi connectivity index (χ3n) is 3.60. The molecule has 2 N–H and O–H groups in total. The standard InChI is InChI=1S/C17H19N3O2S/c1-11-4-3-5-12(2)15(11)22-9-13(21)8-18-16-14-6-7-23-17(14)20-10-19-16/h3-7,10,13,21H,8-9H2,1-2H3,(H,18,19,20). The highest BCUT2D eigenvalue weighted by atomic mass is 32.1. The van der Waals surface area contributed by atoms with E-state index in [1.807, 2.05) is 43.5 Å². The zero-order valence-corrected chi connectivity index (χ0v) is 13.9. The van der Waals surface area contributed by atoms with Gasteiger partial charge in [-0.1, -0.05) is 18.2 Å². The zero-order chi connectivity index (χ0) is 16.2. The normalized spacial score (nSPS) is 12.3. The predicted octanol–water partition coefficient (Wildman–Crippen LogP) is 3.16. The molecule has 6 heteroatoms. The van der Waals surface area contributed by atoms with E-state index in [-0.39, 0.29) is 6.61 Å². The quantitative estimate of drug-likeness (QED) is 0.727. The minimum atomic E-state index is -0.627. The van der Waals surface area contributed by atoms with E-state index in [0.29, 0.717) is 6.54 Å². The number of rotatable bonds is 6. The van der Waals surface area contributed by atoms with Gasteiger partial charge in [0.05, 0.1) is 5.39 Å². The maximum Gasteiger partial charge on any atom is 0.138 e. The van der Waals surface area contributed by atoms with E-state index < -0.39 is 6.10 Å². The van der Waals surface area contributed by atoms with Crippen LogP contribution in [-0.2, 0) is 0 Å². The molecule has 0 saturated carbocycles. The molecule has 120 valence electrons. The van der Waals surface area contributed by atoms with Crippen LogP contribution >= 0.6 is 11.3 Å². The maximum absolute atomic E-state index is 10.1. The number of anilines is 1. The van der Waals surface area contributed by atoms with Crippen molar-refractivity contribution < 1.29 is 9.84 Å². The first-order valence-electron chi connectivity index (χ1n) is 7.44. The van der Waals surface area contributed by atoms with Crippen molar-refractivity contribution in [3.05, 3.63) is 47.1 Å². The zero-order valence-electron chi connectivity index (χ0n) is 13.1. The molecule has 0 aliphatic carbocycles. The molecule has 0 aliphatic rings. The summed E-state index contributed by atoms with van der Waals surface area (Å²) in [6.07, 6.45) is 0.901. The van der Waals surface area contributed by atoms with Crippen molar-refractivity contribution in [2.75, 3.05) is 18.5 Å². The van der Waals surface area contributed by atoms with Gasteiger partial charge in [0.2, 0.25) is 0 Å². The molecule has 23 heavy (non-hydrogen) atoms. The number of hydrogen-bond acceptors (Lipinski definition) is 6. The van der Waals surface area contributed by atoms with E-state index in [1.165, 1.54) is 6.33 Å². The summed E-state index contributed by atoms with van der Waals surface area (Å²) in [5.41, 5.74) is 2.14. The molecule has 0 aliphatic heterocycles. The molecule has 5 nitrogen and oxygen atoms in total. The number of ether oxygens (including phenoxy) is 1. The van der Waals surface area contributed by atoms with Gasteiger partial charge in [-0.2, -0.15) is 0 Å². The maximum atomic E-state index is 10.1. The first-order valence-corrected chi connectivity index (χ1v) is 8.32. The summed E-state index contributed by atoms with van der Waals surface area (Å²) in [5.74, 6) is 1.58. The summed E-state index contributed by atoms with van der Waals surface area (Å²) < 4.78 is 5.77. The van der Waals surface area contributed by atoms with Crippen molar-refractivity contribution in [2.24, 2.45) is 0 Å². The topological polar surface area (TPSA) is 67.3 Å². The van der Waals surface area contributed by atoms with E-state index in [9.17, 15) is 5.11 Å². The van der Waals surface area contributed by atoms with Crippen LogP contribution in [0.1, 0.15) is 11.1 Å². The number of aliphatic hydroxyl groups excluding tert-OH is 1. The number of thiophene rings is 1. The van der Waals surface area contributed by atoms with Crippen LogP contribution in [-0.4, -0.2) is 34.3 Å². The molecule has 1 atom stereocenters. The molecular formula is C17H19N3O2S. The molecule has 0 bridgehead atoms. The lowest BCUT2D eigenvalue weighted by Gasteiger charge is -2.16. The first kappa shape index (κ1) is 15.7. The van der Waals surface area contributed by atoms with Gasteiger partial charge in [-0.3, -0.25) is 0 Å². The number of aliphatic hydroxyl groups is 1. The van der Waals surface area contributed by atoms with Gasteiger partial charge in [0.15, 0.2) is 0 Å². The van der Waals surface area contributed by atoms with Crippen molar-refractivity contribution in [3.8, 4) is 5.75 Å². The highest BCUT2D eigenvalue weighted by Crippen LogP contribution is 2.24. The van der Waals surface area contributed by atoms with E-state index in [4.69, 9.17) is 4.74 Å². The van der Waals surface area contributed by atoms with Gasteiger partial charge in [0.1, 0.15) is 35.4 Å². The smallest absolute Gasteiger partial charge is 0.138 e. The molecule has 3 rings (SSSR count). The van der Waals surface area contributed by atoms with Crippen molar-refractivity contribution >= 4 is 27.4 Å². The van der Waals surface area contributed by atoms with Crippen molar-refractivity contribution in [2.45, 2.75) is 20.0 Å². The SMILES string of the molecule is Cc1cccc(C)c1OCC(O)CNc1ncnc2sccc12. The van der Waals surface area contributed by atoms with Gasteiger partial charge in [0.25, 0.3) is 0 Å². The van der Waals surface area contributed by atoms with E-state index in [2.05, 4.69) is 15.3 Å². The molecular weight excluding hydrogens is 310 g/mol. The number of nitrogens with one attached hydrogen (secondary N) is 1. The Hall–Kier alpha value is -2.18. The van der Waals surface area contributed by atoms with Gasteiger partial charge < -0.3 is 15.2 Å². The lowest BCUT2D eigenvalue weighted by molar-refractivity contribution is 0.117. The van der Waals surface area contributed by atoms with Crippen LogP contribution in [0.5, 0.6) is 5.75 Å². The van der Waals surface area contributed by atoms with Crippen LogP contribution in [0.4, 0.5) is 5.82 Å². The second kappa shape index (κ2) is 6.93. The number of para-hydroxylation sites is 1. The van der Waals surface area contributed by atoms with E-state index in [0.717, 1.165) is 32.9 Å². The molecule has 0 fully saturated rings. The third-order valence-corrected chi connectivity index (χ3v) is 4.42. The van der Waals surface area contributed by atoms with Crippen LogP contribution in [0.2, 0.25) is 0 Å². The molecule has 0 saturated heterocycles. The lowest BCUT2D eigenvalue weighted by Crippen LogP contribution is -2.27. The van der Waals surface area contributed by atoms with Crippen molar-refractivity contribution in [1.29, 1.82) is 0 Å². The minimum absolute atomic E-state index is 0.233. The highest BCUT2D eigenvalue weighted by Gasteiger charge is 2.10. The number of nitrogens with zero attached hydrogens (tertiary/aromatic N) is 2. The van der Waals surface area contributed by atoms with Gasteiger partial charge >= 0.3 is 0 Å². The van der Waals surface area contributed by atoms with Gasteiger partial charge in [-0.05, 0) is 36.4 Å². The van der Waals surface area contributed by atoms with Crippen LogP contribution in [0.25, 0.3) is 10.2 Å². The Morgan fingerprint density at radius 2 is 2.00 bits per heavy atom. The fraction of sp³-hybridized carbons (Fsp3) is 0.294. The fourth-order valence-electron chi connectivity index (χ4n) is 2.41. The first-order chi connectivity index (χ1) is 11.1. The second-order valence-electron chi connectivity index (χ2n) is 5.43. The minimum Gasteiger partial charge on any atom is -0.490 e. The monoisotopic (exact) mass is 329 g/mol. The Morgan fingerprint density at radius 1 is 1.22 bits per heavy atom. The molecule has 3 aromatic rings. The lowest BCUT2D eigenvalue weighted by atomic mass is 10.1.